The lowest BCUT2D eigenvalue weighted by atomic mass is 10.1. The number of amides is 1. The first-order chi connectivity index (χ1) is 9.79. The van der Waals surface area contributed by atoms with E-state index < -0.39 is 0 Å². The molecule has 0 aliphatic rings. The van der Waals surface area contributed by atoms with Gasteiger partial charge in [-0.05, 0) is 31.2 Å². The van der Waals surface area contributed by atoms with E-state index in [0.29, 0.717) is 0 Å². The van der Waals surface area contributed by atoms with Crippen molar-refractivity contribution < 1.29 is 4.79 Å². The Morgan fingerprint density at radius 3 is 2.55 bits per heavy atom. The summed E-state index contributed by atoms with van der Waals surface area (Å²) < 4.78 is 0. The lowest BCUT2D eigenvalue weighted by Crippen LogP contribution is -2.07. The normalized spacial score (nSPS) is 11.1. The van der Waals surface area contributed by atoms with Crippen molar-refractivity contribution in [2.75, 3.05) is 5.32 Å². The van der Waals surface area contributed by atoms with Crippen molar-refractivity contribution in [2.24, 2.45) is 0 Å². The second-order valence-corrected chi connectivity index (χ2v) is 4.17. The van der Waals surface area contributed by atoms with Crippen molar-refractivity contribution in [3.63, 3.8) is 0 Å². The second kappa shape index (κ2) is 7.04. The summed E-state index contributed by atoms with van der Waals surface area (Å²) >= 11 is 0. The molecule has 3 nitrogen and oxygen atoms in total. The third kappa shape index (κ3) is 3.92. The van der Waals surface area contributed by atoms with Crippen LogP contribution in [0.5, 0.6) is 0 Å². The highest BCUT2D eigenvalue weighted by atomic mass is 16.1. The standard InChI is InChI=1S/C17H16N2O/c1-2-3-4-8-17(20)19-15-11-9-14(10-12-15)16-7-5-6-13-18-16/h2-13H,1H3,(H,19,20)/b3-2+,8-4+. The molecular weight excluding hydrogens is 248 g/mol. The molecule has 1 amide bonds. The maximum absolute atomic E-state index is 11.6. The van der Waals surface area contributed by atoms with Gasteiger partial charge in [0, 0.05) is 23.5 Å². The van der Waals surface area contributed by atoms with Crippen molar-refractivity contribution in [1.29, 1.82) is 0 Å². The number of aromatic nitrogens is 1. The number of pyridine rings is 1. The van der Waals surface area contributed by atoms with Crippen LogP contribution in [0.1, 0.15) is 6.92 Å². The van der Waals surface area contributed by atoms with Gasteiger partial charge in [0.1, 0.15) is 0 Å². The van der Waals surface area contributed by atoms with E-state index in [-0.39, 0.29) is 5.91 Å². The van der Waals surface area contributed by atoms with Gasteiger partial charge in [0.05, 0.1) is 5.69 Å². The van der Waals surface area contributed by atoms with E-state index in [2.05, 4.69) is 10.3 Å². The SMILES string of the molecule is C/C=C/C=C/C(=O)Nc1ccc(-c2ccccn2)cc1. The molecule has 0 spiro atoms. The molecule has 2 rings (SSSR count). The number of nitrogens with zero attached hydrogens (tertiary/aromatic N) is 1. The number of carbonyl (C=O) groups excluding carboxylic acids is 1. The molecule has 2 aromatic rings. The zero-order valence-electron chi connectivity index (χ0n) is 11.3. The van der Waals surface area contributed by atoms with E-state index in [4.69, 9.17) is 0 Å². The molecule has 100 valence electrons. The first kappa shape index (κ1) is 13.7. The highest BCUT2D eigenvalue weighted by molar-refractivity contribution is 5.99. The molecule has 0 aliphatic heterocycles. The molecule has 1 aromatic heterocycles. The van der Waals surface area contributed by atoms with E-state index in [1.807, 2.05) is 61.5 Å². The molecule has 0 aliphatic carbocycles. The average molecular weight is 264 g/mol. The number of hydrogen-bond donors (Lipinski definition) is 1. The molecule has 1 heterocycles. The van der Waals surface area contributed by atoms with Crippen LogP contribution >= 0.6 is 0 Å². The van der Waals surface area contributed by atoms with Crippen LogP contribution < -0.4 is 5.32 Å². The Balaban J connectivity index is 2.04. The summed E-state index contributed by atoms with van der Waals surface area (Å²) in [5.74, 6) is -0.145. The molecule has 0 radical (unpaired) electrons. The van der Waals surface area contributed by atoms with Gasteiger partial charge in [0.25, 0.3) is 0 Å². The Bertz CT molecular complexity index is 613. The van der Waals surface area contributed by atoms with E-state index in [9.17, 15) is 4.79 Å². The van der Waals surface area contributed by atoms with E-state index in [0.717, 1.165) is 16.9 Å². The monoisotopic (exact) mass is 264 g/mol. The lowest BCUT2D eigenvalue weighted by molar-refractivity contribution is -0.111. The van der Waals surface area contributed by atoms with Crippen LogP contribution in [-0.4, -0.2) is 10.9 Å². The molecule has 0 atom stereocenters. The van der Waals surface area contributed by atoms with Crippen molar-refractivity contribution in [2.45, 2.75) is 6.92 Å². The highest BCUT2D eigenvalue weighted by Crippen LogP contribution is 2.18. The molecule has 0 fully saturated rings. The van der Waals surface area contributed by atoms with Gasteiger partial charge in [0.2, 0.25) is 5.91 Å². The van der Waals surface area contributed by atoms with E-state index >= 15 is 0 Å². The Hall–Kier alpha value is -2.68. The molecule has 0 bridgehead atoms. The predicted octanol–water partition coefficient (Wildman–Crippen LogP) is 3.82. The van der Waals surface area contributed by atoms with Gasteiger partial charge in [0.15, 0.2) is 0 Å². The van der Waals surface area contributed by atoms with Crippen LogP contribution in [0.25, 0.3) is 11.3 Å². The zero-order chi connectivity index (χ0) is 14.2. The summed E-state index contributed by atoms with van der Waals surface area (Å²) in [6.07, 6.45) is 8.64. The van der Waals surface area contributed by atoms with Crippen LogP contribution in [0.3, 0.4) is 0 Å². The molecule has 1 aromatic carbocycles. The maximum Gasteiger partial charge on any atom is 0.248 e. The Kier molecular flexibility index (Phi) is 4.84. The van der Waals surface area contributed by atoms with Crippen LogP contribution in [0, 0.1) is 0 Å². The number of anilines is 1. The van der Waals surface area contributed by atoms with Gasteiger partial charge >= 0.3 is 0 Å². The number of hydrogen-bond acceptors (Lipinski definition) is 2. The molecule has 1 N–H and O–H groups in total. The summed E-state index contributed by atoms with van der Waals surface area (Å²) in [6.45, 7) is 1.90. The van der Waals surface area contributed by atoms with Crippen molar-refractivity contribution in [1.82, 2.24) is 4.98 Å². The minimum absolute atomic E-state index is 0.145. The Morgan fingerprint density at radius 2 is 1.90 bits per heavy atom. The van der Waals surface area contributed by atoms with Crippen molar-refractivity contribution in [3.05, 3.63) is 73.0 Å². The molecule has 20 heavy (non-hydrogen) atoms. The summed E-state index contributed by atoms with van der Waals surface area (Å²) in [7, 11) is 0. The minimum Gasteiger partial charge on any atom is -0.323 e. The quantitative estimate of drug-likeness (QED) is 0.673. The molecular formula is C17H16N2O. The lowest BCUT2D eigenvalue weighted by Gasteiger charge is -2.04. The van der Waals surface area contributed by atoms with Crippen LogP contribution in [0.2, 0.25) is 0 Å². The summed E-state index contributed by atoms with van der Waals surface area (Å²) in [5, 5.41) is 2.80. The number of benzene rings is 1. The third-order valence-electron chi connectivity index (χ3n) is 2.66. The summed E-state index contributed by atoms with van der Waals surface area (Å²) in [5.41, 5.74) is 2.70. The van der Waals surface area contributed by atoms with Gasteiger partial charge in [-0.1, -0.05) is 36.4 Å². The first-order valence-corrected chi connectivity index (χ1v) is 6.41. The average Bonchev–Trinajstić information content (AvgIpc) is 2.49. The maximum atomic E-state index is 11.6. The van der Waals surface area contributed by atoms with E-state index in [1.165, 1.54) is 6.08 Å². The third-order valence-corrected chi connectivity index (χ3v) is 2.66. The number of nitrogens with one attached hydrogen (secondary N) is 1. The number of allylic oxidation sites excluding steroid dienone is 3. The Morgan fingerprint density at radius 1 is 1.10 bits per heavy atom. The minimum atomic E-state index is -0.145. The van der Waals surface area contributed by atoms with Crippen LogP contribution in [0.4, 0.5) is 5.69 Å². The molecule has 3 heteroatoms. The number of carbonyl (C=O) groups is 1. The fourth-order valence-electron chi connectivity index (χ4n) is 1.70. The topological polar surface area (TPSA) is 42.0 Å². The largest absolute Gasteiger partial charge is 0.323 e. The van der Waals surface area contributed by atoms with Crippen LogP contribution in [0.15, 0.2) is 73.0 Å². The fraction of sp³-hybridized carbons (Fsp3) is 0.0588. The zero-order valence-corrected chi connectivity index (χ0v) is 11.3. The summed E-state index contributed by atoms with van der Waals surface area (Å²) in [4.78, 5) is 15.9. The molecule has 0 saturated heterocycles. The Labute approximate surface area is 118 Å². The van der Waals surface area contributed by atoms with Gasteiger partial charge in [-0.25, -0.2) is 0 Å². The smallest absolute Gasteiger partial charge is 0.248 e. The highest BCUT2D eigenvalue weighted by Gasteiger charge is 2.00. The van der Waals surface area contributed by atoms with Crippen LogP contribution in [-0.2, 0) is 4.79 Å². The van der Waals surface area contributed by atoms with Gasteiger partial charge in [-0.3, -0.25) is 9.78 Å². The second-order valence-electron chi connectivity index (χ2n) is 4.17. The molecule has 0 unspecified atom stereocenters. The fourth-order valence-corrected chi connectivity index (χ4v) is 1.70. The van der Waals surface area contributed by atoms with Crippen molar-refractivity contribution in [3.8, 4) is 11.3 Å². The number of rotatable bonds is 4. The summed E-state index contributed by atoms with van der Waals surface area (Å²) in [6, 6.07) is 13.4. The first-order valence-electron chi connectivity index (χ1n) is 6.41. The van der Waals surface area contributed by atoms with Gasteiger partial charge in [-0.15, -0.1) is 0 Å². The van der Waals surface area contributed by atoms with E-state index in [1.54, 1.807) is 12.3 Å². The van der Waals surface area contributed by atoms with Gasteiger partial charge in [-0.2, -0.15) is 0 Å². The van der Waals surface area contributed by atoms with Gasteiger partial charge < -0.3 is 5.32 Å². The molecule has 0 saturated carbocycles. The van der Waals surface area contributed by atoms with Crippen molar-refractivity contribution >= 4 is 11.6 Å². The predicted molar refractivity (Wildman–Crippen MR) is 82.3 cm³/mol.